The van der Waals surface area contributed by atoms with Gasteiger partial charge in [0.1, 0.15) is 5.75 Å². The van der Waals surface area contributed by atoms with Gasteiger partial charge in [0.2, 0.25) is 0 Å². The van der Waals surface area contributed by atoms with Crippen LogP contribution in [-0.4, -0.2) is 19.7 Å². The van der Waals surface area contributed by atoms with E-state index < -0.39 is 0 Å². The minimum atomic E-state index is 0.607. The highest BCUT2D eigenvalue weighted by Crippen LogP contribution is 2.32. The SMILES string of the molecule is COc1ccc2c(c1CC1CCCN1)COC2. The molecule has 92 valence electrons. The first kappa shape index (κ1) is 11.1. The first-order valence-corrected chi connectivity index (χ1v) is 6.37. The van der Waals surface area contributed by atoms with Crippen LogP contribution in [0, 0.1) is 0 Å². The fourth-order valence-electron chi connectivity index (χ4n) is 2.89. The van der Waals surface area contributed by atoms with Crippen molar-refractivity contribution in [2.24, 2.45) is 0 Å². The van der Waals surface area contributed by atoms with Gasteiger partial charge in [-0.1, -0.05) is 6.07 Å². The maximum absolute atomic E-state index is 5.54. The van der Waals surface area contributed by atoms with E-state index in [1.807, 2.05) is 0 Å². The van der Waals surface area contributed by atoms with Gasteiger partial charge in [-0.2, -0.15) is 0 Å². The van der Waals surface area contributed by atoms with Gasteiger partial charge in [-0.15, -0.1) is 0 Å². The Bertz CT molecular complexity index is 411. The van der Waals surface area contributed by atoms with Crippen LogP contribution >= 0.6 is 0 Å². The van der Waals surface area contributed by atoms with Crippen LogP contribution in [0.2, 0.25) is 0 Å². The number of hydrogen-bond donors (Lipinski definition) is 1. The molecule has 1 unspecified atom stereocenters. The average molecular weight is 233 g/mol. The number of fused-ring (bicyclic) bond motifs is 1. The topological polar surface area (TPSA) is 30.5 Å². The van der Waals surface area contributed by atoms with E-state index >= 15 is 0 Å². The lowest BCUT2D eigenvalue weighted by atomic mass is 9.96. The number of nitrogens with one attached hydrogen (secondary N) is 1. The van der Waals surface area contributed by atoms with Crippen molar-refractivity contribution in [3.8, 4) is 5.75 Å². The highest BCUT2D eigenvalue weighted by Gasteiger charge is 2.23. The molecule has 0 bridgehead atoms. The largest absolute Gasteiger partial charge is 0.496 e. The molecule has 0 aliphatic carbocycles. The summed E-state index contributed by atoms with van der Waals surface area (Å²) in [6.07, 6.45) is 3.63. The Morgan fingerprint density at radius 3 is 3.12 bits per heavy atom. The normalized spacial score (nSPS) is 22.8. The Morgan fingerprint density at radius 2 is 2.35 bits per heavy atom. The summed E-state index contributed by atoms with van der Waals surface area (Å²) in [7, 11) is 1.75. The average Bonchev–Trinajstić information content (AvgIpc) is 2.99. The van der Waals surface area contributed by atoms with Gasteiger partial charge in [-0.25, -0.2) is 0 Å². The molecule has 2 aliphatic heterocycles. The fraction of sp³-hybridized carbons (Fsp3) is 0.571. The van der Waals surface area contributed by atoms with Crippen LogP contribution in [0.15, 0.2) is 12.1 Å². The van der Waals surface area contributed by atoms with E-state index in [4.69, 9.17) is 9.47 Å². The van der Waals surface area contributed by atoms with Gasteiger partial charge in [0.25, 0.3) is 0 Å². The van der Waals surface area contributed by atoms with Gasteiger partial charge in [0.15, 0.2) is 0 Å². The Kier molecular flexibility index (Phi) is 3.04. The molecule has 3 nitrogen and oxygen atoms in total. The number of methoxy groups -OCH3 is 1. The van der Waals surface area contributed by atoms with E-state index in [0.717, 1.165) is 31.9 Å². The number of rotatable bonds is 3. The predicted octanol–water partition coefficient (Wildman–Crippen LogP) is 2.02. The van der Waals surface area contributed by atoms with Crippen LogP contribution in [0.4, 0.5) is 0 Å². The molecule has 2 aliphatic rings. The van der Waals surface area contributed by atoms with E-state index in [-0.39, 0.29) is 0 Å². The number of benzene rings is 1. The molecule has 0 spiro atoms. The Balaban J connectivity index is 1.92. The number of hydrogen-bond acceptors (Lipinski definition) is 3. The van der Waals surface area contributed by atoms with E-state index in [1.165, 1.54) is 29.5 Å². The van der Waals surface area contributed by atoms with E-state index in [0.29, 0.717) is 6.04 Å². The summed E-state index contributed by atoms with van der Waals surface area (Å²) in [5.74, 6) is 1.02. The Hall–Kier alpha value is -1.06. The molecule has 0 saturated carbocycles. The van der Waals surface area contributed by atoms with Crippen LogP contribution in [0.25, 0.3) is 0 Å². The van der Waals surface area contributed by atoms with Crippen LogP contribution in [0.3, 0.4) is 0 Å². The smallest absolute Gasteiger partial charge is 0.122 e. The van der Waals surface area contributed by atoms with E-state index in [1.54, 1.807) is 7.11 Å². The van der Waals surface area contributed by atoms with Crippen LogP contribution in [0.5, 0.6) is 5.75 Å². The summed E-state index contributed by atoms with van der Waals surface area (Å²) in [4.78, 5) is 0. The summed E-state index contributed by atoms with van der Waals surface area (Å²) in [6, 6.07) is 4.82. The summed E-state index contributed by atoms with van der Waals surface area (Å²) in [5.41, 5.74) is 4.04. The van der Waals surface area contributed by atoms with Crippen molar-refractivity contribution in [3.05, 3.63) is 28.8 Å². The maximum Gasteiger partial charge on any atom is 0.122 e. The molecule has 17 heavy (non-hydrogen) atoms. The molecule has 0 amide bonds. The minimum Gasteiger partial charge on any atom is -0.496 e. The summed E-state index contributed by atoms with van der Waals surface area (Å²) in [6.45, 7) is 2.65. The van der Waals surface area contributed by atoms with Crippen molar-refractivity contribution in [1.29, 1.82) is 0 Å². The van der Waals surface area contributed by atoms with Gasteiger partial charge in [0, 0.05) is 11.6 Å². The molecule has 3 heteroatoms. The third-order valence-electron chi connectivity index (χ3n) is 3.82. The van der Waals surface area contributed by atoms with E-state index in [9.17, 15) is 0 Å². The quantitative estimate of drug-likeness (QED) is 0.866. The Labute approximate surface area is 102 Å². The summed E-state index contributed by atoms with van der Waals surface area (Å²) < 4.78 is 11.0. The van der Waals surface area contributed by atoms with Gasteiger partial charge >= 0.3 is 0 Å². The zero-order valence-corrected chi connectivity index (χ0v) is 10.3. The van der Waals surface area contributed by atoms with Crippen LogP contribution in [0.1, 0.15) is 29.5 Å². The highest BCUT2D eigenvalue weighted by molar-refractivity contribution is 5.46. The van der Waals surface area contributed by atoms with Crippen molar-refractivity contribution >= 4 is 0 Å². The third kappa shape index (κ3) is 2.05. The molecule has 1 aromatic carbocycles. The molecule has 3 rings (SSSR count). The first-order chi connectivity index (χ1) is 8.38. The van der Waals surface area contributed by atoms with Gasteiger partial charge in [0.05, 0.1) is 20.3 Å². The second kappa shape index (κ2) is 4.67. The molecule has 1 saturated heterocycles. The molecular weight excluding hydrogens is 214 g/mol. The molecule has 1 atom stereocenters. The van der Waals surface area contributed by atoms with Gasteiger partial charge < -0.3 is 14.8 Å². The lowest BCUT2D eigenvalue weighted by molar-refractivity contribution is 0.134. The lowest BCUT2D eigenvalue weighted by Gasteiger charge is -2.16. The number of ether oxygens (including phenoxy) is 2. The van der Waals surface area contributed by atoms with E-state index in [2.05, 4.69) is 17.4 Å². The minimum absolute atomic E-state index is 0.607. The highest BCUT2D eigenvalue weighted by atomic mass is 16.5. The molecule has 0 aromatic heterocycles. The van der Waals surface area contributed by atoms with Crippen molar-refractivity contribution in [3.63, 3.8) is 0 Å². The first-order valence-electron chi connectivity index (χ1n) is 6.37. The molecule has 1 aromatic rings. The zero-order chi connectivity index (χ0) is 11.7. The van der Waals surface area contributed by atoms with Crippen molar-refractivity contribution in [1.82, 2.24) is 5.32 Å². The van der Waals surface area contributed by atoms with Crippen molar-refractivity contribution < 1.29 is 9.47 Å². The fourth-order valence-corrected chi connectivity index (χ4v) is 2.89. The maximum atomic E-state index is 5.54. The molecule has 1 N–H and O–H groups in total. The molecule has 0 radical (unpaired) electrons. The van der Waals surface area contributed by atoms with Crippen molar-refractivity contribution in [2.45, 2.75) is 38.5 Å². The molecular formula is C14H19NO2. The second-order valence-corrected chi connectivity index (χ2v) is 4.87. The van der Waals surface area contributed by atoms with Crippen molar-refractivity contribution in [2.75, 3.05) is 13.7 Å². The van der Waals surface area contributed by atoms with Gasteiger partial charge in [-0.3, -0.25) is 0 Å². The zero-order valence-electron chi connectivity index (χ0n) is 10.3. The summed E-state index contributed by atoms with van der Waals surface area (Å²) >= 11 is 0. The second-order valence-electron chi connectivity index (χ2n) is 4.87. The predicted molar refractivity (Wildman–Crippen MR) is 66.2 cm³/mol. The molecule has 1 fully saturated rings. The monoisotopic (exact) mass is 233 g/mol. The molecule has 2 heterocycles. The Morgan fingerprint density at radius 1 is 1.41 bits per heavy atom. The van der Waals surface area contributed by atoms with Crippen LogP contribution in [-0.2, 0) is 24.4 Å². The standard InChI is InChI=1S/C14H19NO2/c1-16-14-5-4-10-8-17-9-13(10)12(14)7-11-3-2-6-15-11/h4-5,11,15H,2-3,6-9H2,1H3. The summed E-state index contributed by atoms with van der Waals surface area (Å²) in [5, 5.41) is 3.55. The third-order valence-corrected chi connectivity index (χ3v) is 3.82. The lowest BCUT2D eigenvalue weighted by Crippen LogP contribution is -2.24. The van der Waals surface area contributed by atoms with Gasteiger partial charge in [-0.05, 0) is 43.0 Å². The van der Waals surface area contributed by atoms with Crippen LogP contribution < -0.4 is 10.1 Å².